The molecule has 1 saturated heterocycles. The van der Waals surface area contributed by atoms with Gasteiger partial charge in [0.25, 0.3) is 0 Å². The molecule has 32 heavy (non-hydrogen) atoms. The largest absolute Gasteiger partial charge is 0.373 e. The Morgan fingerprint density at radius 1 is 0.938 bits per heavy atom. The zero-order valence-electron chi connectivity index (χ0n) is 19.2. The first-order valence-corrected chi connectivity index (χ1v) is 11.8. The molecule has 2 atom stereocenters. The fraction of sp³-hybridized carbons (Fsp3) is 0.560. The molecular weight excluding hydrogens is 402 g/mol. The molecule has 0 bridgehead atoms. The van der Waals surface area contributed by atoms with E-state index in [4.69, 9.17) is 24.7 Å². The monoisotopic (exact) mass is 433 g/mol. The van der Waals surface area contributed by atoms with E-state index >= 15 is 0 Å². The molecule has 0 radical (unpaired) electrons. The van der Waals surface area contributed by atoms with Gasteiger partial charge in [-0.1, -0.05) is 19.3 Å². The van der Waals surface area contributed by atoms with Crippen molar-refractivity contribution in [2.75, 3.05) is 6.61 Å². The third-order valence-corrected chi connectivity index (χ3v) is 7.11. The number of hydrogen-bond acceptors (Lipinski definition) is 6. The van der Waals surface area contributed by atoms with Crippen molar-refractivity contribution in [1.82, 2.24) is 24.5 Å². The van der Waals surface area contributed by atoms with E-state index in [0.29, 0.717) is 12.5 Å². The van der Waals surface area contributed by atoms with Gasteiger partial charge in [-0.3, -0.25) is 4.79 Å². The summed E-state index contributed by atoms with van der Waals surface area (Å²) in [5.41, 5.74) is 5.58. The van der Waals surface area contributed by atoms with Gasteiger partial charge < -0.3 is 9.30 Å². The zero-order chi connectivity index (χ0) is 22.2. The highest BCUT2D eigenvalue weighted by Gasteiger charge is 2.30. The first-order valence-electron chi connectivity index (χ1n) is 11.8. The van der Waals surface area contributed by atoms with Gasteiger partial charge in [0.2, 0.25) is 5.56 Å². The van der Waals surface area contributed by atoms with Gasteiger partial charge in [0, 0.05) is 37.8 Å². The maximum atomic E-state index is 11.8. The van der Waals surface area contributed by atoms with E-state index in [1.54, 1.807) is 17.7 Å². The Bertz CT molecular complexity index is 1200. The normalized spacial score (nSPS) is 22.3. The number of aromatic nitrogens is 5. The maximum absolute atomic E-state index is 11.8. The minimum atomic E-state index is -0.0659. The number of rotatable bonds is 3. The van der Waals surface area contributed by atoms with Gasteiger partial charge in [-0.15, -0.1) is 0 Å². The second kappa shape index (κ2) is 8.70. The summed E-state index contributed by atoms with van der Waals surface area (Å²) in [7, 11) is 1.78. The Morgan fingerprint density at radius 2 is 1.72 bits per heavy atom. The van der Waals surface area contributed by atoms with Gasteiger partial charge in [0.1, 0.15) is 11.3 Å². The molecule has 7 heteroatoms. The predicted octanol–water partition coefficient (Wildman–Crippen LogP) is 4.42. The predicted molar refractivity (Wildman–Crippen MR) is 123 cm³/mol. The van der Waals surface area contributed by atoms with E-state index in [9.17, 15) is 4.79 Å². The van der Waals surface area contributed by atoms with Gasteiger partial charge in [-0.05, 0) is 51.2 Å². The molecule has 3 aromatic rings. The molecule has 1 saturated carbocycles. The van der Waals surface area contributed by atoms with Crippen LogP contribution in [-0.4, -0.2) is 31.1 Å². The Kier molecular flexibility index (Phi) is 5.76. The fourth-order valence-corrected chi connectivity index (χ4v) is 5.06. The lowest BCUT2D eigenvalue weighted by Gasteiger charge is -2.30. The van der Waals surface area contributed by atoms with E-state index in [0.717, 1.165) is 65.3 Å². The molecule has 0 amide bonds. The Hall–Kier alpha value is -2.67. The SMILES string of the molecule is Cc1nc2nc(C3CCOC(c4ccc(=O)n(C)c4)C3)nc(C3CCCCC3)c2nc1C. The maximum Gasteiger partial charge on any atom is 0.250 e. The van der Waals surface area contributed by atoms with Crippen LogP contribution in [0.3, 0.4) is 0 Å². The summed E-state index contributed by atoms with van der Waals surface area (Å²) < 4.78 is 7.69. The molecule has 4 heterocycles. The molecular formula is C25H31N5O2. The molecule has 2 aliphatic rings. The van der Waals surface area contributed by atoms with Crippen LogP contribution in [0.25, 0.3) is 11.2 Å². The average molecular weight is 434 g/mol. The van der Waals surface area contributed by atoms with Gasteiger partial charge in [-0.25, -0.2) is 19.9 Å². The summed E-state index contributed by atoms with van der Waals surface area (Å²) >= 11 is 0. The summed E-state index contributed by atoms with van der Waals surface area (Å²) in [4.78, 5) is 31.5. The van der Waals surface area contributed by atoms with Crippen LogP contribution >= 0.6 is 0 Å². The highest BCUT2D eigenvalue weighted by Crippen LogP contribution is 2.39. The summed E-state index contributed by atoms with van der Waals surface area (Å²) in [6, 6.07) is 3.48. The molecule has 0 spiro atoms. The van der Waals surface area contributed by atoms with Crippen LogP contribution in [0.4, 0.5) is 0 Å². The van der Waals surface area contributed by atoms with Crippen LogP contribution in [-0.2, 0) is 11.8 Å². The number of aryl methyl sites for hydroxylation is 3. The fourth-order valence-electron chi connectivity index (χ4n) is 5.06. The Labute approximate surface area is 188 Å². The van der Waals surface area contributed by atoms with Crippen molar-refractivity contribution in [3.63, 3.8) is 0 Å². The molecule has 0 N–H and O–H groups in total. The molecule has 2 unspecified atom stereocenters. The Balaban J connectivity index is 1.53. The standard InChI is InChI=1S/C25H31N5O2/c1-15-16(2)27-25-23(26-15)22(17-7-5-4-6-8-17)28-24(29-25)18-11-12-32-20(13-18)19-9-10-21(31)30(3)14-19/h9-10,14,17-18,20H,4-8,11-13H2,1-3H3. The summed E-state index contributed by atoms with van der Waals surface area (Å²) in [6.07, 6.45) is 9.61. The first-order chi connectivity index (χ1) is 15.5. The minimum Gasteiger partial charge on any atom is -0.373 e. The van der Waals surface area contributed by atoms with Crippen LogP contribution in [0.2, 0.25) is 0 Å². The van der Waals surface area contributed by atoms with Gasteiger partial charge in [-0.2, -0.15) is 0 Å². The van der Waals surface area contributed by atoms with E-state index in [1.807, 2.05) is 26.1 Å². The van der Waals surface area contributed by atoms with E-state index in [-0.39, 0.29) is 17.6 Å². The van der Waals surface area contributed by atoms with Crippen molar-refractivity contribution in [3.8, 4) is 0 Å². The van der Waals surface area contributed by atoms with E-state index in [2.05, 4.69) is 0 Å². The van der Waals surface area contributed by atoms with Crippen molar-refractivity contribution < 1.29 is 4.74 Å². The van der Waals surface area contributed by atoms with Crippen molar-refractivity contribution >= 4 is 11.2 Å². The van der Waals surface area contributed by atoms with Gasteiger partial charge >= 0.3 is 0 Å². The Morgan fingerprint density at radius 3 is 2.50 bits per heavy atom. The zero-order valence-corrected chi connectivity index (χ0v) is 19.2. The van der Waals surface area contributed by atoms with Crippen molar-refractivity contribution in [3.05, 3.63) is 57.2 Å². The smallest absolute Gasteiger partial charge is 0.250 e. The highest BCUT2D eigenvalue weighted by atomic mass is 16.5. The lowest BCUT2D eigenvalue weighted by molar-refractivity contribution is 0.00359. The van der Waals surface area contributed by atoms with Crippen LogP contribution in [0.5, 0.6) is 0 Å². The van der Waals surface area contributed by atoms with Crippen molar-refractivity contribution in [2.45, 2.75) is 76.7 Å². The number of nitrogens with zero attached hydrogens (tertiary/aromatic N) is 5. The first kappa shape index (κ1) is 21.2. The molecule has 0 aromatic carbocycles. The number of ether oxygens (including phenoxy) is 1. The summed E-state index contributed by atoms with van der Waals surface area (Å²) in [6.45, 7) is 4.65. The molecule has 5 rings (SSSR count). The topological polar surface area (TPSA) is 82.8 Å². The van der Waals surface area contributed by atoms with Crippen LogP contribution in [0.15, 0.2) is 23.1 Å². The molecule has 7 nitrogen and oxygen atoms in total. The van der Waals surface area contributed by atoms with Crippen molar-refractivity contribution in [1.29, 1.82) is 0 Å². The van der Waals surface area contributed by atoms with E-state index in [1.165, 1.54) is 19.3 Å². The molecule has 2 fully saturated rings. The van der Waals surface area contributed by atoms with E-state index < -0.39 is 0 Å². The highest BCUT2D eigenvalue weighted by molar-refractivity contribution is 5.73. The second-order valence-corrected chi connectivity index (χ2v) is 9.36. The number of hydrogen-bond donors (Lipinski definition) is 0. The number of pyridine rings is 1. The molecule has 1 aliphatic heterocycles. The van der Waals surface area contributed by atoms with Crippen LogP contribution in [0.1, 0.15) is 91.4 Å². The van der Waals surface area contributed by atoms with Gasteiger partial charge in [0.05, 0.1) is 23.2 Å². The molecule has 1 aliphatic carbocycles. The lowest BCUT2D eigenvalue weighted by atomic mass is 9.86. The van der Waals surface area contributed by atoms with Crippen LogP contribution in [0, 0.1) is 13.8 Å². The van der Waals surface area contributed by atoms with Crippen LogP contribution < -0.4 is 5.56 Å². The molecule has 168 valence electrons. The third-order valence-electron chi connectivity index (χ3n) is 7.11. The van der Waals surface area contributed by atoms with Gasteiger partial charge in [0.15, 0.2) is 5.65 Å². The van der Waals surface area contributed by atoms with Crippen molar-refractivity contribution in [2.24, 2.45) is 7.05 Å². The quantitative estimate of drug-likeness (QED) is 0.608. The molecule has 3 aromatic heterocycles. The minimum absolute atomic E-state index is 0.0136. The number of fused-ring (bicyclic) bond motifs is 1. The summed E-state index contributed by atoms with van der Waals surface area (Å²) in [5, 5.41) is 0. The summed E-state index contributed by atoms with van der Waals surface area (Å²) in [5.74, 6) is 1.50. The average Bonchev–Trinajstić information content (AvgIpc) is 2.82. The third kappa shape index (κ3) is 4.06. The lowest BCUT2D eigenvalue weighted by Crippen LogP contribution is -2.23. The second-order valence-electron chi connectivity index (χ2n) is 9.36.